The molecule has 0 unspecified atom stereocenters. The quantitative estimate of drug-likeness (QED) is 0.525. The molecule has 124 valence electrons. The van der Waals surface area contributed by atoms with Gasteiger partial charge in [-0.2, -0.15) is 0 Å². The van der Waals surface area contributed by atoms with Gasteiger partial charge in [0.15, 0.2) is 0 Å². The van der Waals surface area contributed by atoms with Crippen molar-refractivity contribution in [3.8, 4) is 0 Å². The number of nitrogens with one attached hydrogen (secondary N) is 1. The fourth-order valence-electron chi connectivity index (χ4n) is 4.05. The number of aryl methyl sites for hydroxylation is 1. The lowest BCUT2D eigenvalue weighted by atomic mass is 9.74. The average molecular weight is 321 g/mol. The van der Waals surface area contributed by atoms with Crippen LogP contribution in [0.15, 0.2) is 29.4 Å². The van der Waals surface area contributed by atoms with Crippen LogP contribution >= 0.6 is 0 Å². The number of H-pyrrole nitrogens is 1. The third-order valence-corrected chi connectivity index (χ3v) is 4.99. The molecule has 0 saturated heterocycles. The second-order valence-electron chi connectivity index (χ2n) is 7.62. The number of pyridine rings is 1. The highest BCUT2D eigenvalue weighted by atomic mass is 16.4. The van der Waals surface area contributed by atoms with Crippen LogP contribution in [0.2, 0.25) is 0 Å². The topological polar surface area (TPSA) is 61.3 Å². The molecule has 0 saturated carbocycles. The lowest BCUT2D eigenvalue weighted by Gasteiger charge is -2.31. The van der Waals surface area contributed by atoms with Gasteiger partial charge in [-0.05, 0) is 30.7 Å². The lowest BCUT2D eigenvalue weighted by Crippen LogP contribution is -2.29. The first-order valence-corrected chi connectivity index (χ1v) is 8.67. The zero-order valence-electron chi connectivity index (χ0n) is 14.5. The van der Waals surface area contributed by atoms with E-state index in [0.29, 0.717) is 0 Å². The summed E-state index contributed by atoms with van der Waals surface area (Å²) in [6.07, 6.45) is 3.68. The molecule has 4 rings (SSSR count). The Kier molecular flexibility index (Phi) is 3.37. The first-order chi connectivity index (χ1) is 11.5. The fourth-order valence-corrected chi connectivity index (χ4v) is 4.05. The second-order valence-corrected chi connectivity index (χ2v) is 7.62. The number of hydrogen-bond acceptors (Lipinski definition) is 3. The number of para-hydroxylation sites is 1. The maximum Gasteiger partial charge on any atom is 0.0912 e. The van der Waals surface area contributed by atoms with Gasteiger partial charge in [0.25, 0.3) is 0 Å². The van der Waals surface area contributed by atoms with Crippen molar-refractivity contribution in [2.24, 2.45) is 10.6 Å². The SMILES string of the molecule is CCCc1nc2c(c3[nH]c4ccccc4c13)/C(=N\O)CC(C)(C)C2. The van der Waals surface area contributed by atoms with E-state index in [0.717, 1.165) is 59.4 Å². The summed E-state index contributed by atoms with van der Waals surface area (Å²) >= 11 is 0. The number of aromatic nitrogens is 2. The summed E-state index contributed by atoms with van der Waals surface area (Å²) < 4.78 is 0. The van der Waals surface area contributed by atoms with E-state index in [-0.39, 0.29) is 5.41 Å². The van der Waals surface area contributed by atoms with Crippen molar-refractivity contribution in [1.29, 1.82) is 0 Å². The van der Waals surface area contributed by atoms with E-state index in [1.54, 1.807) is 0 Å². The predicted molar refractivity (Wildman–Crippen MR) is 98.0 cm³/mol. The van der Waals surface area contributed by atoms with Crippen LogP contribution < -0.4 is 0 Å². The maximum absolute atomic E-state index is 9.62. The summed E-state index contributed by atoms with van der Waals surface area (Å²) in [5, 5.41) is 15.6. The van der Waals surface area contributed by atoms with Gasteiger partial charge in [-0.1, -0.05) is 50.5 Å². The molecule has 3 aromatic rings. The van der Waals surface area contributed by atoms with Crippen LogP contribution in [0.25, 0.3) is 21.8 Å². The Morgan fingerprint density at radius 2 is 2.04 bits per heavy atom. The molecule has 0 amide bonds. The molecule has 0 radical (unpaired) electrons. The average Bonchev–Trinajstić information content (AvgIpc) is 2.92. The molecule has 24 heavy (non-hydrogen) atoms. The summed E-state index contributed by atoms with van der Waals surface area (Å²) in [5.41, 5.74) is 6.21. The summed E-state index contributed by atoms with van der Waals surface area (Å²) in [7, 11) is 0. The molecule has 2 heterocycles. The van der Waals surface area contributed by atoms with Gasteiger partial charge in [-0.3, -0.25) is 4.98 Å². The molecule has 0 aliphatic heterocycles. The number of hydrogen-bond donors (Lipinski definition) is 2. The molecule has 0 atom stereocenters. The highest BCUT2D eigenvalue weighted by Gasteiger charge is 2.33. The first-order valence-electron chi connectivity index (χ1n) is 8.67. The first kappa shape index (κ1) is 15.2. The minimum absolute atomic E-state index is 0.0603. The van der Waals surface area contributed by atoms with Gasteiger partial charge in [0, 0.05) is 21.9 Å². The van der Waals surface area contributed by atoms with Crippen molar-refractivity contribution < 1.29 is 5.21 Å². The number of fused-ring (bicyclic) bond motifs is 5. The molecule has 4 nitrogen and oxygen atoms in total. The van der Waals surface area contributed by atoms with E-state index in [9.17, 15) is 5.21 Å². The fraction of sp³-hybridized carbons (Fsp3) is 0.400. The molecule has 2 aromatic heterocycles. The smallest absolute Gasteiger partial charge is 0.0912 e. The van der Waals surface area contributed by atoms with E-state index in [1.165, 1.54) is 10.8 Å². The van der Waals surface area contributed by atoms with Crippen LogP contribution in [-0.4, -0.2) is 20.9 Å². The number of aromatic amines is 1. The monoisotopic (exact) mass is 321 g/mol. The molecule has 1 aliphatic carbocycles. The van der Waals surface area contributed by atoms with Gasteiger partial charge in [0.05, 0.1) is 22.6 Å². The highest BCUT2D eigenvalue weighted by Crippen LogP contribution is 2.40. The normalized spacial score (nSPS) is 18.4. The zero-order chi connectivity index (χ0) is 16.9. The van der Waals surface area contributed by atoms with Gasteiger partial charge in [0.2, 0.25) is 0 Å². The molecule has 0 spiro atoms. The summed E-state index contributed by atoms with van der Waals surface area (Å²) in [6.45, 7) is 6.60. The van der Waals surface area contributed by atoms with E-state index in [1.807, 2.05) is 6.07 Å². The Balaban J connectivity index is 2.13. The van der Waals surface area contributed by atoms with Crippen molar-refractivity contribution in [3.05, 3.63) is 41.2 Å². The third kappa shape index (κ3) is 2.20. The largest absolute Gasteiger partial charge is 0.411 e. The van der Waals surface area contributed by atoms with Crippen LogP contribution in [0.1, 0.15) is 50.6 Å². The Morgan fingerprint density at radius 3 is 2.79 bits per heavy atom. The molecule has 1 aliphatic rings. The van der Waals surface area contributed by atoms with Crippen LogP contribution in [0.5, 0.6) is 0 Å². The van der Waals surface area contributed by atoms with E-state index in [4.69, 9.17) is 4.98 Å². The van der Waals surface area contributed by atoms with E-state index >= 15 is 0 Å². The Hall–Kier alpha value is -2.36. The summed E-state index contributed by atoms with van der Waals surface area (Å²) in [5.74, 6) is 0. The van der Waals surface area contributed by atoms with Crippen LogP contribution in [0, 0.1) is 5.41 Å². The highest BCUT2D eigenvalue weighted by molar-refractivity contribution is 6.18. The molecule has 0 bridgehead atoms. The number of oxime groups is 1. The zero-order valence-corrected chi connectivity index (χ0v) is 14.5. The Labute approximate surface area is 141 Å². The van der Waals surface area contributed by atoms with E-state index < -0.39 is 0 Å². The summed E-state index contributed by atoms with van der Waals surface area (Å²) in [4.78, 5) is 8.60. The van der Waals surface area contributed by atoms with E-state index in [2.05, 4.69) is 49.1 Å². The molecule has 4 heteroatoms. The van der Waals surface area contributed by atoms with Crippen molar-refractivity contribution in [2.75, 3.05) is 0 Å². The van der Waals surface area contributed by atoms with Crippen molar-refractivity contribution >= 4 is 27.5 Å². The molecular weight excluding hydrogens is 298 g/mol. The Morgan fingerprint density at radius 1 is 1.25 bits per heavy atom. The van der Waals surface area contributed by atoms with Gasteiger partial charge in [0.1, 0.15) is 0 Å². The minimum atomic E-state index is 0.0603. The van der Waals surface area contributed by atoms with Crippen LogP contribution in [-0.2, 0) is 12.8 Å². The minimum Gasteiger partial charge on any atom is -0.411 e. The second kappa shape index (κ2) is 5.33. The molecule has 1 aromatic carbocycles. The number of benzene rings is 1. The molecule has 0 fully saturated rings. The van der Waals surface area contributed by atoms with Gasteiger partial charge >= 0.3 is 0 Å². The van der Waals surface area contributed by atoms with Gasteiger partial charge < -0.3 is 10.2 Å². The van der Waals surface area contributed by atoms with Crippen molar-refractivity contribution in [1.82, 2.24) is 9.97 Å². The van der Waals surface area contributed by atoms with Gasteiger partial charge in [-0.25, -0.2) is 0 Å². The summed E-state index contributed by atoms with van der Waals surface area (Å²) in [6, 6.07) is 8.35. The van der Waals surface area contributed by atoms with Gasteiger partial charge in [-0.15, -0.1) is 0 Å². The standard InChI is InChI=1S/C20H23N3O/c1-4-7-14-17-12-8-5-6-9-13(12)22-19(17)18-15(21-14)10-20(2,3)11-16(18)23-24/h5-6,8-9,22,24H,4,7,10-11H2,1-3H3/b23-16-. The predicted octanol–water partition coefficient (Wildman–Crippen LogP) is 4.82. The Bertz CT molecular complexity index is 966. The van der Waals surface area contributed by atoms with Crippen LogP contribution in [0.4, 0.5) is 0 Å². The molecule has 2 N–H and O–H groups in total. The van der Waals surface area contributed by atoms with Crippen molar-refractivity contribution in [3.63, 3.8) is 0 Å². The maximum atomic E-state index is 9.62. The lowest BCUT2D eigenvalue weighted by molar-refractivity contribution is 0.306. The van der Waals surface area contributed by atoms with Crippen LogP contribution in [0.3, 0.4) is 0 Å². The third-order valence-electron chi connectivity index (χ3n) is 4.99. The molecular formula is C20H23N3O. The number of rotatable bonds is 2. The number of nitrogens with zero attached hydrogens (tertiary/aromatic N) is 2. The van der Waals surface area contributed by atoms with Crippen molar-refractivity contribution in [2.45, 2.75) is 46.5 Å².